The molecular formula is C22H27NO5. The van der Waals surface area contributed by atoms with Crippen LogP contribution in [-0.4, -0.2) is 49.5 Å². The molecule has 2 rings (SSSR count). The summed E-state index contributed by atoms with van der Waals surface area (Å²) in [6, 6.07) is 14.1. The first kappa shape index (κ1) is 21.4. The van der Waals surface area contributed by atoms with Crippen molar-refractivity contribution >= 4 is 11.7 Å². The van der Waals surface area contributed by atoms with Gasteiger partial charge in [-0.3, -0.25) is 9.59 Å². The van der Waals surface area contributed by atoms with Crippen molar-refractivity contribution in [2.45, 2.75) is 25.4 Å². The van der Waals surface area contributed by atoms with Gasteiger partial charge in [-0.15, -0.1) is 0 Å². The van der Waals surface area contributed by atoms with Gasteiger partial charge in [-0.1, -0.05) is 12.1 Å². The molecule has 0 saturated heterocycles. The highest BCUT2D eigenvalue weighted by molar-refractivity contribution is 5.96. The van der Waals surface area contributed by atoms with E-state index in [9.17, 15) is 14.7 Å². The molecule has 2 aromatic carbocycles. The molecule has 0 radical (unpaired) electrons. The molecule has 150 valence electrons. The predicted octanol–water partition coefficient (Wildman–Crippen LogP) is 3.25. The summed E-state index contributed by atoms with van der Waals surface area (Å²) in [5.74, 6) is 1.24. The van der Waals surface area contributed by atoms with E-state index in [2.05, 4.69) is 0 Å². The molecule has 0 bridgehead atoms. The van der Waals surface area contributed by atoms with Crippen LogP contribution in [0.2, 0.25) is 0 Å². The lowest BCUT2D eigenvalue weighted by atomic mass is 10.0. The quantitative estimate of drug-likeness (QED) is 0.636. The molecular weight excluding hydrogens is 358 g/mol. The molecule has 1 N–H and O–H groups in total. The van der Waals surface area contributed by atoms with Gasteiger partial charge in [0.2, 0.25) is 5.91 Å². The molecule has 0 aromatic heterocycles. The van der Waals surface area contributed by atoms with Crippen LogP contribution < -0.4 is 9.47 Å². The zero-order valence-corrected chi connectivity index (χ0v) is 16.6. The smallest absolute Gasteiger partial charge is 0.222 e. The largest absolute Gasteiger partial charge is 0.497 e. The highest BCUT2D eigenvalue weighted by Crippen LogP contribution is 2.20. The van der Waals surface area contributed by atoms with E-state index in [4.69, 9.17) is 9.47 Å². The molecule has 0 aliphatic carbocycles. The molecule has 2 aromatic rings. The summed E-state index contributed by atoms with van der Waals surface area (Å²) in [7, 11) is 4.79. The van der Waals surface area contributed by atoms with Crippen molar-refractivity contribution in [3.05, 3.63) is 59.7 Å². The number of likely N-dealkylation sites (N-methyl/N-ethyl adjacent to an activating group) is 1. The second-order valence-corrected chi connectivity index (χ2v) is 6.57. The highest BCUT2D eigenvalue weighted by Gasteiger charge is 2.16. The molecule has 6 heteroatoms. The first-order valence-electron chi connectivity index (χ1n) is 9.18. The van der Waals surface area contributed by atoms with Crippen molar-refractivity contribution < 1.29 is 24.2 Å². The van der Waals surface area contributed by atoms with Gasteiger partial charge in [0.25, 0.3) is 0 Å². The van der Waals surface area contributed by atoms with Gasteiger partial charge in [0.1, 0.15) is 11.5 Å². The molecule has 1 amide bonds. The Hall–Kier alpha value is -2.86. The minimum absolute atomic E-state index is 0.00507. The average molecular weight is 385 g/mol. The monoisotopic (exact) mass is 385 g/mol. The van der Waals surface area contributed by atoms with E-state index in [-0.39, 0.29) is 24.7 Å². The zero-order chi connectivity index (χ0) is 20.5. The van der Waals surface area contributed by atoms with Crippen LogP contribution in [0.4, 0.5) is 0 Å². The Morgan fingerprint density at radius 3 is 2.32 bits per heavy atom. The van der Waals surface area contributed by atoms with Gasteiger partial charge in [0, 0.05) is 25.5 Å². The summed E-state index contributed by atoms with van der Waals surface area (Å²) >= 11 is 0. The number of hydrogen-bond acceptors (Lipinski definition) is 5. The molecule has 1 atom stereocenters. The number of ether oxygens (including phenoxy) is 2. The van der Waals surface area contributed by atoms with E-state index < -0.39 is 6.10 Å². The fourth-order valence-electron chi connectivity index (χ4n) is 2.83. The molecule has 1 unspecified atom stereocenters. The third kappa shape index (κ3) is 6.09. The van der Waals surface area contributed by atoms with Crippen LogP contribution in [0.25, 0.3) is 0 Å². The summed E-state index contributed by atoms with van der Waals surface area (Å²) in [6.07, 6.45) is 0.210. The molecule has 28 heavy (non-hydrogen) atoms. The first-order valence-corrected chi connectivity index (χ1v) is 9.18. The number of aliphatic hydroxyl groups excluding tert-OH is 1. The average Bonchev–Trinajstić information content (AvgIpc) is 2.73. The molecule has 0 heterocycles. The Bertz CT molecular complexity index is 788. The molecule has 6 nitrogen and oxygen atoms in total. The van der Waals surface area contributed by atoms with E-state index in [0.29, 0.717) is 35.5 Å². The van der Waals surface area contributed by atoms with E-state index in [1.54, 1.807) is 69.8 Å². The maximum Gasteiger partial charge on any atom is 0.222 e. The van der Waals surface area contributed by atoms with Crippen molar-refractivity contribution in [1.82, 2.24) is 4.90 Å². The summed E-state index contributed by atoms with van der Waals surface area (Å²) < 4.78 is 10.2. The van der Waals surface area contributed by atoms with Crippen LogP contribution in [-0.2, 0) is 4.79 Å². The standard InChI is InChI=1S/C22H27NO5/c1-23(15-21(25)17-6-4-7-19(14-17)28-3)22(26)9-5-8-20(24)16-10-12-18(27-2)13-11-16/h4,6-7,10-14,21,25H,5,8-9,15H2,1-3H3. The van der Waals surface area contributed by atoms with Crippen LogP contribution in [0.1, 0.15) is 41.3 Å². The predicted molar refractivity (Wildman–Crippen MR) is 107 cm³/mol. The number of carbonyl (C=O) groups is 2. The number of ketones is 1. The molecule has 0 aliphatic heterocycles. The van der Waals surface area contributed by atoms with Crippen LogP contribution in [0.3, 0.4) is 0 Å². The Balaban J connectivity index is 1.79. The van der Waals surface area contributed by atoms with Crippen molar-refractivity contribution in [3.63, 3.8) is 0 Å². The lowest BCUT2D eigenvalue weighted by molar-refractivity contribution is -0.131. The topological polar surface area (TPSA) is 76.1 Å². The lowest BCUT2D eigenvalue weighted by Crippen LogP contribution is -2.31. The second kappa shape index (κ2) is 10.5. The molecule has 0 saturated carbocycles. The number of amides is 1. The van der Waals surface area contributed by atoms with Gasteiger partial charge >= 0.3 is 0 Å². The Morgan fingerprint density at radius 2 is 1.68 bits per heavy atom. The van der Waals surface area contributed by atoms with Gasteiger partial charge in [-0.2, -0.15) is 0 Å². The zero-order valence-electron chi connectivity index (χ0n) is 16.6. The highest BCUT2D eigenvalue weighted by atomic mass is 16.5. The number of rotatable bonds is 10. The van der Waals surface area contributed by atoms with Crippen molar-refractivity contribution in [1.29, 1.82) is 0 Å². The minimum Gasteiger partial charge on any atom is -0.497 e. The summed E-state index contributed by atoms with van der Waals surface area (Å²) in [5.41, 5.74) is 1.30. The van der Waals surface area contributed by atoms with Gasteiger partial charge in [0.15, 0.2) is 5.78 Å². The Morgan fingerprint density at radius 1 is 1.00 bits per heavy atom. The SMILES string of the molecule is COc1ccc(C(=O)CCCC(=O)N(C)CC(O)c2cccc(OC)c2)cc1. The second-order valence-electron chi connectivity index (χ2n) is 6.57. The molecule has 0 fully saturated rings. The fourth-order valence-corrected chi connectivity index (χ4v) is 2.83. The van der Waals surface area contributed by atoms with Crippen LogP contribution >= 0.6 is 0 Å². The van der Waals surface area contributed by atoms with E-state index in [1.807, 2.05) is 0 Å². The van der Waals surface area contributed by atoms with Crippen molar-refractivity contribution in [3.8, 4) is 11.5 Å². The van der Waals surface area contributed by atoms with Gasteiger partial charge in [-0.25, -0.2) is 0 Å². The Labute approximate surface area is 165 Å². The number of aliphatic hydroxyl groups is 1. The van der Waals surface area contributed by atoms with Crippen LogP contribution in [0.5, 0.6) is 11.5 Å². The summed E-state index contributed by atoms with van der Waals surface area (Å²) in [4.78, 5) is 26.0. The Kier molecular flexibility index (Phi) is 8.02. The number of benzene rings is 2. The van der Waals surface area contributed by atoms with Crippen molar-refractivity contribution in [2.75, 3.05) is 27.8 Å². The van der Waals surface area contributed by atoms with Gasteiger partial charge in [-0.05, 0) is 48.4 Å². The van der Waals surface area contributed by atoms with E-state index in [1.165, 1.54) is 4.90 Å². The fraction of sp³-hybridized carbons (Fsp3) is 0.364. The number of carbonyl (C=O) groups excluding carboxylic acids is 2. The third-order valence-corrected chi connectivity index (χ3v) is 4.56. The number of methoxy groups -OCH3 is 2. The van der Waals surface area contributed by atoms with Crippen LogP contribution in [0.15, 0.2) is 48.5 Å². The normalized spacial score (nSPS) is 11.6. The van der Waals surface area contributed by atoms with Crippen molar-refractivity contribution in [2.24, 2.45) is 0 Å². The maximum absolute atomic E-state index is 12.3. The lowest BCUT2D eigenvalue weighted by Gasteiger charge is -2.21. The van der Waals surface area contributed by atoms with E-state index in [0.717, 1.165) is 0 Å². The summed E-state index contributed by atoms with van der Waals surface area (Å²) in [5, 5.41) is 10.4. The van der Waals surface area contributed by atoms with Gasteiger partial charge < -0.3 is 19.5 Å². The maximum atomic E-state index is 12.3. The first-order chi connectivity index (χ1) is 13.4. The number of hydrogen-bond donors (Lipinski definition) is 1. The summed E-state index contributed by atoms with van der Waals surface area (Å²) in [6.45, 7) is 0.179. The third-order valence-electron chi connectivity index (χ3n) is 4.56. The molecule has 0 aliphatic rings. The number of Topliss-reactive ketones (excluding diaryl/α,β-unsaturated/α-hetero) is 1. The van der Waals surface area contributed by atoms with E-state index >= 15 is 0 Å². The van der Waals surface area contributed by atoms with Crippen LogP contribution in [0, 0.1) is 0 Å². The van der Waals surface area contributed by atoms with Gasteiger partial charge in [0.05, 0.1) is 26.9 Å². The number of nitrogens with zero attached hydrogens (tertiary/aromatic N) is 1. The molecule has 0 spiro atoms. The minimum atomic E-state index is -0.801.